The molecule has 2 saturated heterocycles. The molecule has 3 heterocycles. The quantitative estimate of drug-likeness (QED) is 0.454. The number of methoxy groups -OCH3 is 1. The summed E-state index contributed by atoms with van der Waals surface area (Å²) in [6, 6.07) is 11.0. The second-order valence-corrected chi connectivity index (χ2v) is 9.87. The molecule has 2 atom stereocenters. The molecule has 2 aliphatic rings. The Bertz CT molecular complexity index is 1270. The van der Waals surface area contributed by atoms with E-state index < -0.39 is 18.4 Å². The molecule has 198 valence electrons. The van der Waals surface area contributed by atoms with Crippen LogP contribution in [0.5, 0.6) is 5.75 Å². The molecular weight excluding hydrogens is 487 g/mol. The third kappa shape index (κ3) is 5.32. The summed E-state index contributed by atoms with van der Waals surface area (Å²) in [6.45, 7) is 3.90. The van der Waals surface area contributed by atoms with Crippen molar-refractivity contribution in [2.45, 2.75) is 50.9 Å². The SMILES string of the molecule is COc1cc(C)c2[nH]ccc2c1CN1CCC(N2CC(OC(F)(F)F)C2)CC1c1ccc(C(=O)O)cc1. The smallest absolute Gasteiger partial charge is 0.496 e. The van der Waals surface area contributed by atoms with E-state index in [0.717, 1.165) is 52.7 Å². The van der Waals surface area contributed by atoms with Crippen LogP contribution in [0, 0.1) is 6.92 Å². The number of rotatable bonds is 7. The van der Waals surface area contributed by atoms with E-state index in [1.807, 2.05) is 37.4 Å². The summed E-state index contributed by atoms with van der Waals surface area (Å²) in [7, 11) is 1.66. The van der Waals surface area contributed by atoms with Crippen LogP contribution in [-0.2, 0) is 11.3 Å². The van der Waals surface area contributed by atoms with Gasteiger partial charge in [0, 0.05) is 60.9 Å². The average molecular weight is 518 g/mol. The van der Waals surface area contributed by atoms with Crippen LogP contribution in [-0.4, -0.2) is 71.1 Å². The minimum atomic E-state index is -4.62. The molecule has 1 aromatic heterocycles. The zero-order valence-corrected chi connectivity index (χ0v) is 20.7. The number of fused-ring (bicyclic) bond motifs is 1. The number of likely N-dealkylation sites (tertiary alicyclic amines) is 2. The molecule has 2 unspecified atom stereocenters. The van der Waals surface area contributed by atoms with E-state index in [9.17, 15) is 23.1 Å². The van der Waals surface area contributed by atoms with E-state index in [4.69, 9.17) is 4.74 Å². The van der Waals surface area contributed by atoms with Crippen LogP contribution in [0.1, 0.15) is 45.9 Å². The summed E-state index contributed by atoms with van der Waals surface area (Å²) < 4.78 is 47.7. The number of aromatic carboxylic acids is 1. The number of H-pyrrole nitrogens is 1. The number of alkyl halides is 3. The van der Waals surface area contributed by atoms with Gasteiger partial charge in [-0.2, -0.15) is 0 Å². The number of hydrogen-bond donors (Lipinski definition) is 2. The highest BCUT2D eigenvalue weighted by atomic mass is 19.4. The zero-order chi connectivity index (χ0) is 26.3. The van der Waals surface area contributed by atoms with Crippen molar-refractivity contribution in [3.05, 3.63) is 64.8 Å². The first kappa shape index (κ1) is 25.6. The lowest BCUT2D eigenvalue weighted by Gasteiger charge is -2.49. The zero-order valence-electron chi connectivity index (χ0n) is 20.7. The first-order chi connectivity index (χ1) is 17.6. The number of piperidine rings is 1. The number of ether oxygens (including phenoxy) is 2. The van der Waals surface area contributed by atoms with Gasteiger partial charge in [-0.05, 0) is 55.2 Å². The molecule has 2 aromatic carbocycles. The van der Waals surface area contributed by atoms with Crippen molar-refractivity contribution in [2.75, 3.05) is 26.7 Å². The normalized spacial score (nSPS) is 21.8. The maximum absolute atomic E-state index is 12.6. The summed E-state index contributed by atoms with van der Waals surface area (Å²) in [4.78, 5) is 19.1. The Morgan fingerprint density at radius 3 is 2.57 bits per heavy atom. The van der Waals surface area contributed by atoms with Gasteiger partial charge < -0.3 is 14.8 Å². The Morgan fingerprint density at radius 2 is 1.92 bits per heavy atom. The lowest BCUT2D eigenvalue weighted by molar-refractivity contribution is -0.356. The fourth-order valence-electron chi connectivity index (χ4n) is 5.73. The number of aryl methyl sites for hydroxylation is 1. The molecule has 2 aliphatic heterocycles. The van der Waals surface area contributed by atoms with Crippen molar-refractivity contribution in [1.29, 1.82) is 0 Å². The van der Waals surface area contributed by atoms with E-state index in [2.05, 4.69) is 19.5 Å². The number of carbonyl (C=O) groups is 1. The molecule has 2 N–H and O–H groups in total. The summed E-state index contributed by atoms with van der Waals surface area (Å²) >= 11 is 0. The first-order valence-corrected chi connectivity index (χ1v) is 12.3. The second-order valence-electron chi connectivity index (χ2n) is 9.87. The van der Waals surface area contributed by atoms with Crippen LogP contribution in [0.15, 0.2) is 42.6 Å². The molecule has 0 bridgehead atoms. The Kier molecular flexibility index (Phi) is 6.91. The van der Waals surface area contributed by atoms with Gasteiger partial charge in [0.1, 0.15) is 5.75 Å². The molecule has 0 amide bonds. The topological polar surface area (TPSA) is 78.0 Å². The number of benzene rings is 2. The first-order valence-electron chi connectivity index (χ1n) is 12.3. The molecule has 7 nitrogen and oxygen atoms in total. The highest BCUT2D eigenvalue weighted by Crippen LogP contribution is 2.39. The average Bonchev–Trinajstić information content (AvgIpc) is 3.33. The Balaban J connectivity index is 1.40. The second kappa shape index (κ2) is 10.00. The van der Waals surface area contributed by atoms with Gasteiger partial charge in [0.05, 0.1) is 18.8 Å². The lowest BCUT2D eigenvalue weighted by atomic mass is 9.88. The summed E-state index contributed by atoms with van der Waals surface area (Å²) in [5.74, 6) is -0.179. The number of aromatic nitrogens is 1. The fraction of sp³-hybridized carbons (Fsp3) is 0.444. The van der Waals surface area contributed by atoms with Crippen LogP contribution < -0.4 is 4.74 Å². The number of nitrogens with one attached hydrogen (secondary N) is 1. The highest BCUT2D eigenvalue weighted by Gasteiger charge is 2.43. The highest BCUT2D eigenvalue weighted by molar-refractivity contribution is 5.88. The molecule has 10 heteroatoms. The van der Waals surface area contributed by atoms with Crippen molar-refractivity contribution in [2.24, 2.45) is 0 Å². The summed E-state index contributed by atoms with van der Waals surface area (Å²) in [5, 5.41) is 10.4. The van der Waals surface area contributed by atoms with Gasteiger partial charge >= 0.3 is 12.3 Å². The number of carboxylic acids is 1. The predicted octanol–water partition coefficient (Wildman–Crippen LogP) is 5.11. The van der Waals surface area contributed by atoms with Gasteiger partial charge in [-0.3, -0.25) is 14.5 Å². The Labute approximate surface area is 212 Å². The number of aromatic amines is 1. The van der Waals surface area contributed by atoms with Crippen molar-refractivity contribution in [3.8, 4) is 5.75 Å². The minimum absolute atomic E-state index is 0.0378. The van der Waals surface area contributed by atoms with Gasteiger partial charge in [-0.1, -0.05) is 12.1 Å². The summed E-state index contributed by atoms with van der Waals surface area (Å²) in [5.41, 5.74) is 4.41. The van der Waals surface area contributed by atoms with Gasteiger partial charge in [-0.15, -0.1) is 13.2 Å². The molecule has 0 saturated carbocycles. The molecule has 0 spiro atoms. The largest absolute Gasteiger partial charge is 0.522 e. The van der Waals surface area contributed by atoms with Crippen LogP contribution in [0.2, 0.25) is 0 Å². The van der Waals surface area contributed by atoms with E-state index in [0.29, 0.717) is 6.54 Å². The molecule has 5 rings (SSSR count). The van der Waals surface area contributed by atoms with Crippen LogP contribution in [0.3, 0.4) is 0 Å². The van der Waals surface area contributed by atoms with Gasteiger partial charge in [0.25, 0.3) is 0 Å². The molecule has 37 heavy (non-hydrogen) atoms. The van der Waals surface area contributed by atoms with Gasteiger partial charge in [-0.25, -0.2) is 4.79 Å². The maximum Gasteiger partial charge on any atom is 0.522 e. The summed E-state index contributed by atoms with van der Waals surface area (Å²) in [6.07, 6.45) is -2.00. The molecule has 0 radical (unpaired) electrons. The number of hydrogen-bond acceptors (Lipinski definition) is 5. The maximum atomic E-state index is 12.6. The number of carboxylic acid groups (broad SMARTS) is 1. The van der Waals surface area contributed by atoms with Crippen molar-refractivity contribution >= 4 is 16.9 Å². The Morgan fingerprint density at radius 1 is 1.19 bits per heavy atom. The van der Waals surface area contributed by atoms with Crippen LogP contribution in [0.4, 0.5) is 13.2 Å². The van der Waals surface area contributed by atoms with Crippen LogP contribution in [0.25, 0.3) is 10.9 Å². The molecule has 3 aromatic rings. The Hall–Kier alpha value is -3.08. The predicted molar refractivity (Wildman–Crippen MR) is 132 cm³/mol. The van der Waals surface area contributed by atoms with E-state index in [1.54, 1.807) is 19.2 Å². The van der Waals surface area contributed by atoms with E-state index >= 15 is 0 Å². The van der Waals surface area contributed by atoms with E-state index in [1.165, 1.54) is 0 Å². The monoisotopic (exact) mass is 517 g/mol. The van der Waals surface area contributed by atoms with Crippen LogP contribution >= 0.6 is 0 Å². The van der Waals surface area contributed by atoms with E-state index in [-0.39, 0.29) is 30.7 Å². The fourth-order valence-corrected chi connectivity index (χ4v) is 5.73. The third-order valence-electron chi connectivity index (χ3n) is 7.61. The van der Waals surface area contributed by atoms with Crippen molar-refractivity contribution in [3.63, 3.8) is 0 Å². The molecule has 0 aliphatic carbocycles. The van der Waals surface area contributed by atoms with Gasteiger partial charge in [0.2, 0.25) is 0 Å². The number of halogens is 3. The lowest BCUT2D eigenvalue weighted by Crippen LogP contribution is -2.59. The number of nitrogens with zero attached hydrogens (tertiary/aromatic N) is 2. The minimum Gasteiger partial charge on any atom is -0.496 e. The standard InChI is InChI=1S/C27H30F3N3O4/c1-16-11-24(36-2)22(21-7-9-31-25(16)21)15-32-10-8-19(33-13-20(14-33)37-27(28,29)30)12-23(32)17-3-5-18(6-4-17)26(34)35/h3-7,9,11,19-20,23,31H,8,10,12-15H2,1-2H3,(H,34,35). The van der Waals surface area contributed by atoms with Crippen molar-refractivity contribution < 1.29 is 32.5 Å². The molecular formula is C27H30F3N3O4. The van der Waals surface area contributed by atoms with Crippen molar-refractivity contribution in [1.82, 2.24) is 14.8 Å². The molecule has 2 fully saturated rings. The third-order valence-corrected chi connectivity index (χ3v) is 7.61. The van der Waals surface area contributed by atoms with Gasteiger partial charge in [0.15, 0.2) is 0 Å².